The van der Waals surface area contributed by atoms with Crippen LogP contribution < -0.4 is 10.6 Å². The smallest absolute Gasteiger partial charge is 0.408 e. The summed E-state index contributed by atoms with van der Waals surface area (Å²) in [6.45, 7) is 10.1. The van der Waals surface area contributed by atoms with Crippen molar-refractivity contribution in [1.82, 2.24) is 10.2 Å². The summed E-state index contributed by atoms with van der Waals surface area (Å²) in [4.78, 5) is 41.8. The molecule has 0 aliphatic carbocycles. The molecule has 3 rings (SSSR count). The first kappa shape index (κ1) is 29.6. The highest BCUT2D eigenvalue weighted by Crippen LogP contribution is 2.29. The fourth-order valence-electron chi connectivity index (χ4n) is 4.37. The van der Waals surface area contributed by atoms with Gasteiger partial charge in [0.25, 0.3) is 5.91 Å². The van der Waals surface area contributed by atoms with Crippen molar-refractivity contribution >= 4 is 34.4 Å². The fourth-order valence-corrected chi connectivity index (χ4v) is 4.37. The zero-order valence-electron chi connectivity index (χ0n) is 23.5. The third-order valence-electron chi connectivity index (χ3n) is 6.39. The number of rotatable bonds is 9. The molecule has 0 bridgehead atoms. The van der Waals surface area contributed by atoms with Crippen LogP contribution in [0, 0.1) is 6.92 Å². The monoisotopic (exact) mass is 533 g/mol. The number of nitrogens with one attached hydrogen (secondary N) is 2. The number of carbonyl (C=O) groups is 3. The third-order valence-corrected chi connectivity index (χ3v) is 6.39. The van der Waals surface area contributed by atoms with Crippen LogP contribution in [0.4, 0.5) is 10.5 Å². The molecule has 8 nitrogen and oxygen atoms in total. The van der Waals surface area contributed by atoms with Crippen LogP contribution in [0.1, 0.15) is 58.2 Å². The zero-order chi connectivity index (χ0) is 28.7. The van der Waals surface area contributed by atoms with Gasteiger partial charge in [-0.1, -0.05) is 67.1 Å². The van der Waals surface area contributed by atoms with Crippen molar-refractivity contribution in [2.75, 3.05) is 11.9 Å². The maximum absolute atomic E-state index is 14.0. The van der Waals surface area contributed by atoms with Crippen molar-refractivity contribution in [2.45, 2.75) is 71.7 Å². The van der Waals surface area contributed by atoms with E-state index in [0.29, 0.717) is 17.7 Å². The number of aliphatic hydroxyl groups excluding tert-OH is 1. The second-order valence-electron chi connectivity index (χ2n) is 10.8. The predicted molar refractivity (Wildman–Crippen MR) is 153 cm³/mol. The Morgan fingerprint density at radius 2 is 1.67 bits per heavy atom. The van der Waals surface area contributed by atoms with Gasteiger partial charge < -0.3 is 25.4 Å². The summed E-state index contributed by atoms with van der Waals surface area (Å²) >= 11 is 0. The molecular weight excluding hydrogens is 494 g/mol. The molecule has 0 aromatic heterocycles. The van der Waals surface area contributed by atoms with E-state index in [-0.39, 0.29) is 6.04 Å². The molecule has 3 N–H and O–H groups in total. The highest BCUT2D eigenvalue weighted by atomic mass is 16.6. The lowest BCUT2D eigenvalue weighted by Gasteiger charge is -2.38. The Labute approximate surface area is 230 Å². The number of ether oxygens (including phenoxy) is 1. The molecule has 3 aromatic carbocycles. The van der Waals surface area contributed by atoms with E-state index in [1.165, 1.54) is 4.90 Å². The number of hydrogen-bond donors (Lipinski definition) is 3. The van der Waals surface area contributed by atoms with Gasteiger partial charge in [-0.15, -0.1) is 0 Å². The molecule has 0 heterocycles. The van der Waals surface area contributed by atoms with Gasteiger partial charge in [0.1, 0.15) is 17.7 Å². The van der Waals surface area contributed by atoms with E-state index < -0.39 is 42.2 Å². The van der Waals surface area contributed by atoms with E-state index in [1.807, 2.05) is 81.4 Å². The summed E-state index contributed by atoms with van der Waals surface area (Å²) in [5, 5.41) is 17.6. The lowest BCUT2D eigenvalue weighted by Crippen LogP contribution is -2.56. The number of fused-ring (bicyclic) bond motifs is 1. The Hall–Kier alpha value is -3.91. The Morgan fingerprint density at radius 1 is 0.974 bits per heavy atom. The first-order valence-electron chi connectivity index (χ1n) is 13.2. The highest BCUT2D eigenvalue weighted by molar-refractivity contribution is 6.00. The molecule has 0 saturated carbocycles. The Bertz CT molecular complexity index is 1320. The van der Waals surface area contributed by atoms with E-state index in [2.05, 4.69) is 10.6 Å². The standard InChI is InChI=1S/C31H39N3O5/c1-7-21(3)34(29(37)26(19-35)33-30(38)39-31(4,5)6)27(24-14-10-11-20(2)17-24)28(36)32-25-16-15-22-12-8-9-13-23(22)18-25/h8-18,21,26-27,35H,7,19H2,1-6H3,(H,32,36)(H,33,38). The third kappa shape index (κ3) is 7.80. The number of anilines is 1. The van der Waals surface area contributed by atoms with Crippen LogP contribution in [0.3, 0.4) is 0 Å². The minimum atomic E-state index is -1.30. The first-order valence-corrected chi connectivity index (χ1v) is 13.2. The van der Waals surface area contributed by atoms with Crippen molar-refractivity contribution in [3.63, 3.8) is 0 Å². The molecule has 3 aromatic rings. The fraction of sp³-hybridized carbons (Fsp3) is 0.387. The average Bonchev–Trinajstić information content (AvgIpc) is 2.88. The Balaban J connectivity index is 2.01. The lowest BCUT2D eigenvalue weighted by molar-refractivity contribution is -0.144. The van der Waals surface area contributed by atoms with E-state index in [0.717, 1.165) is 16.3 Å². The van der Waals surface area contributed by atoms with E-state index in [4.69, 9.17) is 4.74 Å². The number of hydrogen-bond acceptors (Lipinski definition) is 5. The van der Waals surface area contributed by atoms with Crippen LogP contribution in [0.2, 0.25) is 0 Å². The van der Waals surface area contributed by atoms with Gasteiger partial charge in [0.15, 0.2) is 0 Å². The predicted octanol–water partition coefficient (Wildman–Crippen LogP) is 5.34. The molecule has 3 amide bonds. The summed E-state index contributed by atoms with van der Waals surface area (Å²) in [7, 11) is 0. The van der Waals surface area contributed by atoms with Gasteiger partial charge in [-0.05, 0) is 69.5 Å². The molecule has 0 saturated heterocycles. The normalized spacial score (nSPS) is 13.7. The number of amides is 3. The molecular formula is C31H39N3O5. The van der Waals surface area contributed by atoms with Crippen LogP contribution in [0.15, 0.2) is 66.7 Å². The van der Waals surface area contributed by atoms with Crippen molar-refractivity contribution in [3.8, 4) is 0 Å². The van der Waals surface area contributed by atoms with Crippen LogP contribution in [-0.4, -0.2) is 52.2 Å². The average molecular weight is 534 g/mol. The summed E-state index contributed by atoms with van der Waals surface area (Å²) in [5.74, 6) is -0.989. The summed E-state index contributed by atoms with van der Waals surface area (Å²) < 4.78 is 5.30. The second-order valence-corrected chi connectivity index (χ2v) is 10.8. The van der Waals surface area contributed by atoms with Crippen LogP contribution in [0.5, 0.6) is 0 Å². The number of alkyl carbamates (subject to hydrolysis) is 1. The molecule has 3 atom stereocenters. The molecule has 0 fully saturated rings. The lowest BCUT2D eigenvalue weighted by atomic mass is 9.98. The minimum Gasteiger partial charge on any atom is -0.444 e. The van der Waals surface area contributed by atoms with E-state index >= 15 is 0 Å². The van der Waals surface area contributed by atoms with Gasteiger partial charge in [0.05, 0.1) is 6.61 Å². The zero-order valence-corrected chi connectivity index (χ0v) is 23.5. The van der Waals surface area contributed by atoms with Gasteiger partial charge in [0.2, 0.25) is 5.91 Å². The van der Waals surface area contributed by atoms with E-state index in [1.54, 1.807) is 26.8 Å². The molecule has 0 spiro atoms. The molecule has 0 aliphatic rings. The molecule has 8 heteroatoms. The molecule has 3 unspecified atom stereocenters. The van der Waals surface area contributed by atoms with Gasteiger partial charge in [-0.3, -0.25) is 9.59 Å². The maximum atomic E-state index is 14.0. The van der Waals surface area contributed by atoms with Crippen LogP contribution in [-0.2, 0) is 14.3 Å². The number of aliphatic hydroxyl groups is 1. The SMILES string of the molecule is CCC(C)N(C(=O)C(CO)NC(=O)OC(C)(C)C)C(C(=O)Nc1ccc2ccccc2c1)c1cccc(C)c1. The summed E-state index contributed by atoms with van der Waals surface area (Å²) in [6, 6.07) is 18.2. The molecule has 208 valence electrons. The molecule has 39 heavy (non-hydrogen) atoms. The van der Waals surface area contributed by atoms with Crippen LogP contribution >= 0.6 is 0 Å². The maximum Gasteiger partial charge on any atom is 0.408 e. The quantitative estimate of drug-likeness (QED) is 0.344. The number of benzene rings is 3. The van der Waals surface area contributed by atoms with Crippen molar-refractivity contribution in [1.29, 1.82) is 0 Å². The Morgan fingerprint density at radius 3 is 2.28 bits per heavy atom. The topological polar surface area (TPSA) is 108 Å². The van der Waals surface area contributed by atoms with Gasteiger partial charge in [-0.25, -0.2) is 4.79 Å². The largest absolute Gasteiger partial charge is 0.444 e. The summed E-state index contributed by atoms with van der Waals surface area (Å²) in [6.07, 6.45) is -0.284. The number of carbonyl (C=O) groups excluding carboxylic acids is 3. The molecule has 0 aliphatic heterocycles. The van der Waals surface area contributed by atoms with Crippen molar-refractivity contribution in [2.24, 2.45) is 0 Å². The number of nitrogens with zero attached hydrogens (tertiary/aromatic N) is 1. The van der Waals surface area contributed by atoms with Gasteiger partial charge in [-0.2, -0.15) is 0 Å². The second kappa shape index (κ2) is 12.8. The van der Waals surface area contributed by atoms with Gasteiger partial charge >= 0.3 is 6.09 Å². The van der Waals surface area contributed by atoms with E-state index in [9.17, 15) is 19.5 Å². The minimum absolute atomic E-state index is 0.389. The first-order chi connectivity index (χ1) is 18.4. The van der Waals surface area contributed by atoms with Gasteiger partial charge in [0, 0.05) is 11.7 Å². The molecule has 0 radical (unpaired) electrons. The van der Waals surface area contributed by atoms with Crippen LogP contribution in [0.25, 0.3) is 10.8 Å². The van der Waals surface area contributed by atoms with Crippen molar-refractivity contribution < 1.29 is 24.2 Å². The summed E-state index contributed by atoms with van der Waals surface area (Å²) in [5.41, 5.74) is 1.36. The highest BCUT2D eigenvalue weighted by Gasteiger charge is 2.38. The van der Waals surface area contributed by atoms with Crippen molar-refractivity contribution in [3.05, 3.63) is 77.9 Å². The Kier molecular flexibility index (Phi) is 9.70. The number of aryl methyl sites for hydroxylation is 1.